The quantitative estimate of drug-likeness (QED) is 0.915. The van der Waals surface area contributed by atoms with Crippen LogP contribution in [-0.4, -0.2) is 24.4 Å². The Morgan fingerprint density at radius 1 is 1.24 bits per heavy atom. The van der Waals surface area contributed by atoms with Gasteiger partial charge in [0.1, 0.15) is 0 Å². The third-order valence-electron chi connectivity index (χ3n) is 3.92. The molecule has 1 aromatic carbocycles. The Balaban J connectivity index is 2.16. The van der Waals surface area contributed by atoms with Crippen LogP contribution in [0.2, 0.25) is 0 Å². The third-order valence-corrected chi connectivity index (χ3v) is 5.67. The zero-order valence-corrected chi connectivity index (χ0v) is 12.9. The fourth-order valence-electron chi connectivity index (χ4n) is 2.68. The summed E-state index contributed by atoms with van der Waals surface area (Å²) in [5.41, 5.74) is 2.84. The molecule has 21 heavy (non-hydrogen) atoms. The van der Waals surface area contributed by atoms with Crippen molar-refractivity contribution in [3.63, 3.8) is 0 Å². The van der Waals surface area contributed by atoms with Gasteiger partial charge in [0.15, 0.2) is 5.78 Å². The van der Waals surface area contributed by atoms with Crippen molar-refractivity contribution in [1.82, 2.24) is 4.98 Å². The van der Waals surface area contributed by atoms with Gasteiger partial charge in [0, 0.05) is 11.8 Å². The molecule has 2 N–H and O–H groups in total. The average Bonchev–Trinajstić information content (AvgIpc) is 2.80. The summed E-state index contributed by atoms with van der Waals surface area (Å²) in [5.74, 6) is 0.102. The summed E-state index contributed by atoms with van der Waals surface area (Å²) in [6.45, 7) is 3.26. The lowest BCUT2D eigenvalue weighted by Gasteiger charge is -2.11. The highest BCUT2D eigenvalue weighted by molar-refractivity contribution is 7.93. The normalized spacial score (nSPS) is 15.5. The summed E-state index contributed by atoms with van der Waals surface area (Å²) < 4.78 is 26.7. The maximum Gasteiger partial charge on any atom is 0.235 e. The highest BCUT2D eigenvalue weighted by Crippen LogP contribution is 2.33. The van der Waals surface area contributed by atoms with Crippen LogP contribution < -0.4 is 4.72 Å². The number of aromatic amines is 1. The molecular weight excluding hydrogens is 288 g/mol. The number of fused-ring (bicyclic) bond motifs is 3. The van der Waals surface area contributed by atoms with Gasteiger partial charge in [0.2, 0.25) is 10.0 Å². The molecule has 2 aromatic rings. The summed E-state index contributed by atoms with van der Waals surface area (Å²) in [4.78, 5) is 15.1. The second-order valence-corrected chi connectivity index (χ2v) is 7.92. The predicted molar refractivity (Wildman–Crippen MR) is 83.2 cm³/mol. The Labute approximate surface area is 123 Å². The molecule has 0 saturated carbocycles. The van der Waals surface area contributed by atoms with E-state index in [-0.39, 0.29) is 5.78 Å². The van der Waals surface area contributed by atoms with Crippen molar-refractivity contribution in [1.29, 1.82) is 0 Å². The number of aryl methyl sites for hydroxylation is 1. The van der Waals surface area contributed by atoms with Crippen LogP contribution in [0.1, 0.15) is 42.7 Å². The standard InChI is InChI=1S/C15H18N2O3S/c1-9(2)21(19,20)17-12-7-3-5-10-11-6-4-8-13(18)15(11)16-14(10)12/h3,5,7,9,16-17H,4,6,8H2,1-2H3. The third kappa shape index (κ3) is 2.33. The molecule has 5 nitrogen and oxygen atoms in total. The van der Waals surface area contributed by atoms with Crippen LogP contribution in [0.5, 0.6) is 0 Å². The Morgan fingerprint density at radius 2 is 2.00 bits per heavy atom. The number of ketones is 1. The second kappa shape index (κ2) is 4.87. The average molecular weight is 306 g/mol. The van der Waals surface area contributed by atoms with Gasteiger partial charge in [0.05, 0.1) is 22.1 Å². The number of benzene rings is 1. The van der Waals surface area contributed by atoms with E-state index in [2.05, 4.69) is 9.71 Å². The SMILES string of the molecule is CC(C)S(=O)(=O)Nc1cccc2c3c([nH]c12)C(=O)CCC3. The number of anilines is 1. The topological polar surface area (TPSA) is 79.0 Å². The summed E-state index contributed by atoms with van der Waals surface area (Å²) in [7, 11) is -3.41. The number of sulfonamides is 1. The van der Waals surface area contributed by atoms with Gasteiger partial charge in [0.25, 0.3) is 0 Å². The van der Waals surface area contributed by atoms with E-state index in [1.54, 1.807) is 19.9 Å². The molecule has 1 aliphatic carbocycles. The number of nitrogens with one attached hydrogen (secondary N) is 2. The molecule has 0 amide bonds. The number of aromatic nitrogens is 1. The first-order valence-electron chi connectivity index (χ1n) is 7.08. The van der Waals surface area contributed by atoms with Crippen LogP contribution in [0.25, 0.3) is 10.9 Å². The molecular formula is C15H18N2O3S. The van der Waals surface area contributed by atoms with Crippen molar-refractivity contribution in [3.05, 3.63) is 29.5 Å². The summed E-state index contributed by atoms with van der Waals surface area (Å²) in [6.07, 6.45) is 2.25. The van der Waals surface area contributed by atoms with Crippen LogP contribution >= 0.6 is 0 Å². The highest BCUT2D eigenvalue weighted by atomic mass is 32.2. The first kappa shape index (κ1) is 14.1. The zero-order chi connectivity index (χ0) is 15.2. The smallest absolute Gasteiger partial charge is 0.235 e. The number of Topliss-reactive ketones (excluding diaryl/α,β-unsaturated/α-hetero) is 1. The summed E-state index contributed by atoms with van der Waals surface area (Å²) >= 11 is 0. The number of H-pyrrole nitrogens is 1. The van der Waals surface area contributed by atoms with Crippen LogP contribution in [0.4, 0.5) is 5.69 Å². The molecule has 1 heterocycles. The van der Waals surface area contributed by atoms with Crippen LogP contribution in [0, 0.1) is 0 Å². The lowest BCUT2D eigenvalue weighted by molar-refractivity contribution is 0.0968. The van der Waals surface area contributed by atoms with Crippen molar-refractivity contribution in [2.45, 2.75) is 38.4 Å². The van der Waals surface area contributed by atoms with Gasteiger partial charge in [-0.3, -0.25) is 9.52 Å². The van der Waals surface area contributed by atoms with Crippen molar-refractivity contribution >= 4 is 32.4 Å². The van der Waals surface area contributed by atoms with E-state index in [1.807, 2.05) is 12.1 Å². The minimum absolute atomic E-state index is 0.102. The Bertz CT molecular complexity index is 819. The number of rotatable bonds is 3. The van der Waals surface area contributed by atoms with Crippen LogP contribution in [0.3, 0.4) is 0 Å². The molecule has 0 spiro atoms. The lowest BCUT2D eigenvalue weighted by Crippen LogP contribution is -2.22. The summed E-state index contributed by atoms with van der Waals surface area (Å²) in [5, 5.41) is 0.418. The fourth-order valence-corrected chi connectivity index (χ4v) is 3.39. The molecule has 0 radical (unpaired) electrons. The number of carbonyl (C=O) groups excluding carboxylic acids is 1. The number of hydrogen-bond donors (Lipinski definition) is 2. The Morgan fingerprint density at radius 3 is 2.71 bits per heavy atom. The van der Waals surface area contributed by atoms with Gasteiger partial charge < -0.3 is 4.98 Å². The first-order chi connectivity index (χ1) is 9.90. The lowest BCUT2D eigenvalue weighted by atomic mass is 9.95. The monoisotopic (exact) mass is 306 g/mol. The number of hydrogen-bond acceptors (Lipinski definition) is 3. The van der Waals surface area contributed by atoms with Crippen molar-refractivity contribution in [2.24, 2.45) is 0 Å². The molecule has 0 saturated heterocycles. The molecule has 0 bridgehead atoms. The molecule has 6 heteroatoms. The van der Waals surface area contributed by atoms with Crippen molar-refractivity contribution in [2.75, 3.05) is 4.72 Å². The van der Waals surface area contributed by atoms with E-state index in [1.165, 1.54) is 0 Å². The fraction of sp³-hybridized carbons (Fsp3) is 0.400. The Kier molecular flexibility index (Phi) is 3.28. The molecule has 112 valence electrons. The van der Waals surface area contributed by atoms with Gasteiger partial charge in [-0.1, -0.05) is 12.1 Å². The largest absolute Gasteiger partial charge is 0.350 e. The highest BCUT2D eigenvalue weighted by Gasteiger charge is 2.24. The molecule has 0 fully saturated rings. The van der Waals surface area contributed by atoms with Crippen molar-refractivity contribution in [3.8, 4) is 0 Å². The van der Waals surface area contributed by atoms with E-state index in [0.29, 0.717) is 23.3 Å². The van der Waals surface area contributed by atoms with Gasteiger partial charge in [-0.05, 0) is 38.3 Å². The number of para-hydroxylation sites is 1. The summed E-state index contributed by atoms with van der Waals surface area (Å²) in [6, 6.07) is 5.46. The first-order valence-corrected chi connectivity index (χ1v) is 8.63. The maximum atomic E-state index is 12.1. The van der Waals surface area contributed by atoms with Crippen LogP contribution in [-0.2, 0) is 16.4 Å². The number of carbonyl (C=O) groups is 1. The Hall–Kier alpha value is -1.82. The van der Waals surface area contributed by atoms with E-state index in [4.69, 9.17) is 0 Å². The van der Waals surface area contributed by atoms with Crippen LogP contribution in [0.15, 0.2) is 18.2 Å². The van der Waals surface area contributed by atoms with E-state index < -0.39 is 15.3 Å². The molecule has 3 rings (SSSR count). The molecule has 0 atom stereocenters. The van der Waals surface area contributed by atoms with Gasteiger partial charge >= 0.3 is 0 Å². The van der Waals surface area contributed by atoms with E-state index in [9.17, 15) is 13.2 Å². The maximum absolute atomic E-state index is 12.1. The zero-order valence-electron chi connectivity index (χ0n) is 12.1. The van der Waals surface area contributed by atoms with E-state index in [0.717, 1.165) is 23.8 Å². The predicted octanol–water partition coefficient (Wildman–Crippen LogP) is 2.84. The molecule has 0 unspecified atom stereocenters. The van der Waals surface area contributed by atoms with Gasteiger partial charge in [-0.15, -0.1) is 0 Å². The van der Waals surface area contributed by atoms with E-state index >= 15 is 0 Å². The molecule has 1 aliphatic rings. The van der Waals surface area contributed by atoms with Gasteiger partial charge in [-0.2, -0.15) is 0 Å². The minimum Gasteiger partial charge on any atom is -0.350 e. The second-order valence-electron chi connectivity index (χ2n) is 5.68. The molecule has 1 aromatic heterocycles. The van der Waals surface area contributed by atoms with Crippen molar-refractivity contribution < 1.29 is 13.2 Å². The molecule has 0 aliphatic heterocycles. The van der Waals surface area contributed by atoms with Gasteiger partial charge in [-0.25, -0.2) is 8.42 Å². The minimum atomic E-state index is -3.41.